The maximum absolute atomic E-state index is 12.2. The Morgan fingerprint density at radius 1 is 0.926 bits per heavy atom. The summed E-state index contributed by atoms with van der Waals surface area (Å²) in [5.41, 5.74) is 1.94. The highest BCUT2D eigenvalue weighted by Crippen LogP contribution is 2.19. The van der Waals surface area contributed by atoms with Gasteiger partial charge in [0.15, 0.2) is 0 Å². The Morgan fingerprint density at radius 3 is 2.15 bits per heavy atom. The van der Waals surface area contributed by atoms with Crippen LogP contribution in [-0.2, 0) is 4.79 Å². The number of carbonyl (C=O) groups excluding carboxylic acids is 2. The van der Waals surface area contributed by atoms with Crippen molar-refractivity contribution in [2.45, 2.75) is 25.7 Å². The minimum absolute atomic E-state index is 0.0338. The first-order chi connectivity index (χ1) is 13.1. The van der Waals surface area contributed by atoms with Crippen molar-refractivity contribution in [2.75, 3.05) is 23.7 Å². The predicted molar refractivity (Wildman–Crippen MR) is 109 cm³/mol. The zero-order valence-corrected chi connectivity index (χ0v) is 15.9. The molecule has 0 aromatic heterocycles. The molecule has 1 heterocycles. The zero-order valence-electron chi connectivity index (χ0n) is 15.1. The summed E-state index contributed by atoms with van der Waals surface area (Å²) >= 11 is 5.83. The third-order valence-electron chi connectivity index (χ3n) is 4.77. The highest BCUT2D eigenvalue weighted by molar-refractivity contribution is 6.30. The molecule has 0 atom stereocenters. The molecular formula is C21H24ClN3O2. The van der Waals surface area contributed by atoms with Crippen molar-refractivity contribution in [1.29, 1.82) is 0 Å². The lowest BCUT2D eigenvalue weighted by molar-refractivity contribution is -0.116. The molecule has 1 fully saturated rings. The van der Waals surface area contributed by atoms with Gasteiger partial charge in [0.2, 0.25) is 5.91 Å². The van der Waals surface area contributed by atoms with Crippen LogP contribution in [0, 0.1) is 5.92 Å². The fourth-order valence-corrected chi connectivity index (χ4v) is 3.30. The van der Waals surface area contributed by atoms with Crippen molar-refractivity contribution >= 4 is 34.8 Å². The number of halogens is 1. The molecule has 3 rings (SSSR count). The van der Waals surface area contributed by atoms with E-state index in [0.29, 0.717) is 28.6 Å². The molecule has 2 amide bonds. The molecule has 27 heavy (non-hydrogen) atoms. The predicted octanol–water partition coefficient (Wildman–Crippen LogP) is 4.31. The van der Waals surface area contributed by atoms with Gasteiger partial charge in [-0.1, -0.05) is 11.6 Å². The third-order valence-corrected chi connectivity index (χ3v) is 5.02. The van der Waals surface area contributed by atoms with Gasteiger partial charge in [0.25, 0.3) is 5.91 Å². The summed E-state index contributed by atoms with van der Waals surface area (Å²) in [6.07, 6.45) is 3.77. The topological polar surface area (TPSA) is 70.2 Å². The number of benzene rings is 2. The molecule has 1 aliphatic heterocycles. The van der Waals surface area contributed by atoms with E-state index in [4.69, 9.17) is 11.6 Å². The number of amides is 2. The van der Waals surface area contributed by atoms with E-state index in [1.807, 2.05) is 0 Å². The van der Waals surface area contributed by atoms with Crippen LogP contribution in [0.1, 0.15) is 36.0 Å². The van der Waals surface area contributed by atoms with Crippen LogP contribution in [0.15, 0.2) is 48.5 Å². The Kier molecular flexibility index (Phi) is 6.85. The summed E-state index contributed by atoms with van der Waals surface area (Å²) in [5, 5.41) is 9.67. The molecule has 0 unspecified atom stereocenters. The molecule has 0 aliphatic carbocycles. The summed E-state index contributed by atoms with van der Waals surface area (Å²) in [6, 6.07) is 13.8. The van der Waals surface area contributed by atoms with Gasteiger partial charge in [0.05, 0.1) is 0 Å². The number of carbonyl (C=O) groups is 2. The smallest absolute Gasteiger partial charge is 0.255 e. The average Bonchev–Trinajstić information content (AvgIpc) is 2.69. The van der Waals surface area contributed by atoms with Crippen LogP contribution in [0.4, 0.5) is 11.4 Å². The summed E-state index contributed by atoms with van der Waals surface area (Å²) in [6.45, 7) is 2.10. The SMILES string of the molecule is O=C(CCC1CCNCC1)Nc1ccc(NC(=O)c2ccc(Cl)cc2)cc1. The van der Waals surface area contributed by atoms with E-state index in [1.54, 1.807) is 48.5 Å². The summed E-state index contributed by atoms with van der Waals surface area (Å²) in [4.78, 5) is 24.3. The number of anilines is 2. The highest BCUT2D eigenvalue weighted by atomic mass is 35.5. The molecule has 1 aliphatic rings. The zero-order chi connectivity index (χ0) is 19.1. The molecule has 2 aromatic carbocycles. The summed E-state index contributed by atoms with van der Waals surface area (Å²) < 4.78 is 0. The molecule has 3 N–H and O–H groups in total. The normalized spacial score (nSPS) is 14.6. The number of hydrogen-bond acceptors (Lipinski definition) is 3. The number of hydrogen-bond donors (Lipinski definition) is 3. The maximum atomic E-state index is 12.2. The van der Waals surface area contributed by atoms with Gasteiger partial charge in [-0.25, -0.2) is 0 Å². The highest BCUT2D eigenvalue weighted by Gasteiger charge is 2.14. The number of piperidine rings is 1. The molecule has 0 radical (unpaired) electrons. The van der Waals surface area contributed by atoms with E-state index in [1.165, 1.54) is 0 Å². The van der Waals surface area contributed by atoms with E-state index < -0.39 is 0 Å². The van der Waals surface area contributed by atoms with Gasteiger partial charge in [-0.2, -0.15) is 0 Å². The fraction of sp³-hybridized carbons (Fsp3) is 0.333. The van der Waals surface area contributed by atoms with E-state index >= 15 is 0 Å². The largest absolute Gasteiger partial charge is 0.326 e. The Morgan fingerprint density at radius 2 is 1.52 bits per heavy atom. The quantitative estimate of drug-likeness (QED) is 0.693. The van der Waals surface area contributed by atoms with Crippen LogP contribution >= 0.6 is 11.6 Å². The molecule has 0 bridgehead atoms. The lowest BCUT2D eigenvalue weighted by atomic mass is 9.93. The maximum Gasteiger partial charge on any atom is 0.255 e. The monoisotopic (exact) mass is 385 g/mol. The second kappa shape index (κ2) is 9.53. The fourth-order valence-electron chi connectivity index (χ4n) is 3.17. The Balaban J connectivity index is 1.47. The summed E-state index contributed by atoms with van der Waals surface area (Å²) in [7, 11) is 0. The van der Waals surface area contributed by atoms with Gasteiger partial charge in [-0.15, -0.1) is 0 Å². The first-order valence-corrected chi connectivity index (χ1v) is 9.65. The first kappa shape index (κ1) is 19.4. The molecule has 2 aromatic rings. The molecular weight excluding hydrogens is 362 g/mol. The van der Waals surface area contributed by atoms with Crippen molar-refractivity contribution in [3.8, 4) is 0 Å². The number of rotatable bonds is 6. The van der Waals surface area contributed by atoms with E-state index in [9.17, 15) is 9.59 Å². The second-order valence-corrected chi connectivity index (χ2v) is 7.26. The van der Waals surface area contributed by atoms with E-state index in [-0.39, 0.29) is 11.8 Å². The average molecular weight is 386 g/mol. The van der Waals surface area contributed by atoms with Crippen LogP contribution in [-0.4, -0.2) is 24.9 Å². The first-order valence-electron chi connectivity index (χ1n) is 9.28. The van der Waals surface area contributed by atoms with Crippen LogP contribution in [0.2, 0.25) is 5.02 Å². The van der Waals surface area contributed by atoms with Gasteiger partial charge in [-0.3, -0.25) is 9.59 Å². The summed E-state index contributed by atoms with van der Waals surface area (Å²) in [5.74, 6) is 0.472. The molecule has 0 spiro atoms. The van der Waals surface area contributed by atoms with Gasteiger partial charge >= 0.3 is 0 Å². The Labute approximate surface area is 164 Å². The van der Waals surface area contributed by atoms with Gasteiger partial charge < -0.3 is 16.0 Å². The molecule has 6 heteroatoms. The van der Waals surface area contributed by atoms with Crippen LogP contribution in [0.25, 0.3) is 0 Å². The van der Waals surface area contributed by atoms with E-state index in [2.05, 4.69) is 16.0 Å². The van der Waals surface area contributed by atoms with Gasteiger partial charge in [0.1, 0.15) is 0 Å². The van der Waals surface area contributed by atoms with Crippen LogP contribution in [0.5, 0.6) is 0 Å². The van der Waals surface area contributed by atoms with Gasteiger partial charge in [0, 0.05) is 28.4 Å². The van der Waals surface area contributed by atoms with Crippen molar-refractivity contribution in [2.24, 2.45) is 5.92 Å². The van der Waals surface area contributed by atoms with Gasteiger partial charge in [-0.05, 0) is 86.8 Å². The van der Waals surface area contributed by atoms with Crippen LogP contribution in [0.3, 0.4) is 0 Å². The minimum Gasteiger partial charge on any atom is -0.326 e. The van der Waals surface area contributed by atoms with Crippen molar-refractivity contribution in [3.63, 3.8) is 0 Å². The van der Waals surface area contributed by atoms with E-state index in [0.717, 1.165) is 38.0 Å². The van der Waals surface area contributed by atoms with Crippen molar-refractivity contribution in [3.05, 3.63) is 59.1 Å². The van der Waals surface area contributed by atoms with Crippen LogP contribution < -0.4 is 16.0 Å². The second-order valence-electron chi connectivity index (χ2n) is 6.82. The van der Waals surface area contributed by atoms with Crippen molar-refractivity contribution in [1.82, 2.24) is 5.32 Å². The molecule has 1 saturated heterocycles. The molecule has 5 nitrogen and oxygen atoms in total. The van der Waals surface area contributed by atoms with Crippen molar-refractivity contribution < 1.29 is 9.59 Å². The Bertz CT molecular complexity index is 769. The minimum atomic E-state index is -0.203. The Hall–Kier alpha value is -2.37. The molecule has 0 saturated carbocycles. The number of nitrogens with one attached hydrogen (secondary N) is 3. The lowest BCUT2D eigenvalue weighted by Crippen LogP contribution is -2.28. The lowest BCUT2D eigenvalue weighted by Gasteiger charge is -2.22. The standard InChI is InChI=1S/C21H24ClN3O2/c22-17-4-2-16(3-5-17)21(27)25-19-8-6-18(7-9-19)24-20(26)10-1-15-11-13-23-14-12-15/h2-9,15,23H,1,10-14H2,(H,24,26)(H,25,27). The third kappa shape index (κ3) is 6.08. The molecule has 142 valence electrons.